The van der Waals surface area contributed by atoms with E-state index in [-0.39, 0.29) is 23.6 Å². The van der Waals surface area contributed by atoms with Gasteiger partial charge in [-0.15, -0.1) is 10.2 Å². The lowest BCUT2D eigenvalue weighted by Crippen LogP contribution is -2.31. The summed E-state index contributed by atoms with van der Waals surface area (Å²) in [6.07, 6.45) is 0. The number of benzene rings is 1. The van der Waals surface area contributed by atoms with Crippen LogP contribution in [0.15, 0.2) is 32.9 Å². The number of hydrogen-bond acceptors (Lipinski definition) is 7. The topological polar surface area (TPSA) is 75.2 Å². The molecular weight excluding hydrogens is 412 g/mol. The Morgan fingerprint density at radius 2 is 1.71 bits per heavy atom. The van der Waals surface area contributed by atoms with Gasteiger partial charge in [-0.3, -0.25) is 9.59 Å². The summed E-state index contributed by atoms with van der Waals surface area (Å²) in [7, 11) is 0. The van der Waals surface area contributed by atoms with Crippen molar-refractivity contribution in [3.8, 4) is 0 Å². The minimum Gasteiger partial charge on any atom is -0.349 e. The van der Waals surface area contributed by atoms with Crippen molar-refractivity contribution in [3.63, 3.8) is 0 Å². The number of carbonyl (C=O) groups is 2. The molecule has 0 saturated heterocycles. The molecule has 1 heterocycles. The Morgan fingerprint density at radius 1 is 1.11 bits per heavy atom. The number of aromatic nitrogens is 2. The number of aryl methyl sites for hydroxylation is 1. The molecule has 1 aromatic carbocycles. The SMILES string of the molecule is CCN(CC)C(=O)CSc1nnc(SCC(=O)NC(C)c2ccccc2C)s1. The van der Waals surface area contributed by atoms with E-state index in [1.165, 1.54) is 34.9 Å². The fraction of sp³-hybridized carbons (Fsp3) is 0.474. The van der Waals surface area contributed by atoms with Gasteiger partial charge in [0.15, 0.2) is 8.68 Å². The Balaban J connectivity index is 1.78. The van der Waals surface area contributed by atoms with Gasteiger partial charge >= 0.3 is 0 Å². The average Bonchev–Trinajstić information content (AvgIpc) is 3.14. The standard InChI is InChI=1S/C19H26N4O2S3/c1-5-23(6-2)17(25)12-27-19-22-21-18(28-19)26-11-16(24)20-14(4)15-10-8-7-9-13(15)3/h7-10,14H,5-6,11-12H2,1-4H3,(H,20,24). The van der Waals surface area contributed by atoms with Gasteiger partial charge in [-0.25, -0.2) is 0 Å². The van der Waals surface area contributed by atoms with Crippen LogP contribution in [0, 0.1) is 6.92 Å². The van der Waals surface area contributed by atoms with Crippen LogP contribution in [0.2, 0.25) is 0 Å². The van der Waals surface area contributed by atoms with Gasteiger partial charge in [0.05, 0.1) is 17.5 Å². The van der Waals surface area contributed by atoms with Crippen LogP contribution in [-0.2, 0) is 9.59 Å². The maximum absolute atomic E-state index is 12.2. The van der Waals surface area contributed by atoms with Gasteiger partial charge in [0.1, 0.15) is 0 Å². The van der Waals surface area contributed by atoms with Gasteiger partial charge < -0.3 is 10.2 Å². The van der Waals surface area contributed by atoms with Crippen molar-refractivity contribution < 1.29 is 9.59 Å². The van der Waals surface area contributed by atoms with E-state index in [1.54, 1.807) is 4.90 Å². The third-order valence-electron chi connectivity index (χ3n) is 4.18. The zero-order valence-electron chi connectivity index (χ0n) is 16.6. The Morgan fingerprint density at radius 3 is 2.32 bits per heavy atom. The summed E-state index contributed by atoms with van der Waals surface area (Å²) in [6.45, 7) is 9.38. The molecule has 0 fully saturated rings. The second-order valence-electron chi connectivity index (χ2n) is 6.12. The molecule has 0 saturated carbocycles. The van der Waals surface area contributed by atoms with Crippen LogP contribution in [0.4, 0.5) is 0 Å². The molecule has 2 aromatic rings. The molecule has 1 atom stereocenters. The molecule has 1 unspecified atom stereocenters. The fourth-order valence-electron chi connectivity index (χ4n) is 2.67. The highest BCUT2D eigenvalue weighted by molar-refractivity contribution is 8.03. The van der Waals surface area contributed by atoms with Gasteiger partial charge in [0.2, 0.25) is 11.8 Å². The minimum absolute atomic E-state index is 0.0399. The molecule has 9 heteroatoms. The molecule has 0 bridgehead atoms. The van der Waals surface area contributed by atoms with E-state index in [1.807, 2.05) is 52.0 Å². The monoisotopic (exact) mass is 438 g/mol. The summed E-state index contributed by atoms with van der Waals surface area (Å²) in [6, 6.07) is 8.00. The Kier molecular flexibility index (Phi) is 9.27. The number of amides is 2. The molecule has 28 heavy (non-hydrogen) atoms. The minimum atomic E-state index is -0.0408. The zero-order chi connectivity index (χ0) is 20.5. The largest absolute Gasteiger partial charge is 0.349 e. The third-order valence-corrected chi connectivity index (χ3v) is 7.36. The number of carbonyl (C=O) groups excluding carboxylic acids is 2. The molecule has 1 aromatic heterocycles. The lowest BCUT2D eigenvalue weighted by Gasteiger charge is -2.17. The lowest BCUT2D eigenvalue weighted by molar-refractivity contribution is -0.128. The van der Waals surface area contributed by atoms with Crippen LogP contribution in [-0.4, -0.2) is 51.5 Å². The fourth-order valence-corrected chi connectivity index (χ4v) is 5.40. The quantitative estimate of drug-likeness (QED) is 0.569. The highest BCUT2D eigenvalue weighted by Crippen LogP contribution is 2.29. The van der Waals surface area contributed by atoms with Crippen molar-refractivity contribution >= 4 is 46.7 Å². The van der Waals surface area contributed by atoms with E-state index in [0.29, 0.717) is 18.8 Å². The summed E-state index contributed by atoms with van der Waals surface area (Å²) in [5.41, 5.74) is 2.28. The first kappa shape index (κ1) is 22.7. The predicted octanol–water partition coefficient (Wildman–Crippen LogP) is 3.78. The number of thioether (sulfide) groups is 2. The van der Waals surface area contributed by atoms with E-state index >= 15 is 0 Å². The van der Waals surface area contributed by atoms with Gasteiger partial charge in [-0.05, 0) is 38.8 Å². The van der Waals surface area contributed by atoms with E-state index in [2.05, 4.69) is 15.5 Å². The Labute approximate surface area is 178 Å². The van der Waals surface area contributed by atoms with E-state index in [4.69, 9.17) is 0 Å². The van der Waals surface area contributed by atoms with Crippen molar-refractivity contribution in [1.82, 2.24) is 20.4 Å². The van der Waals surface area contributed by atoms with Crippen molar-refractivity contribution in [2.75, 3.05) is 24.6 Å². The van der Waals surface area contributed by atoms with Crippen LogP contribution in [0.25, 0.3) is 0 Å². The molecular formula is C19H26N4O2S3. The molecule has 6 nitrogen and oxygen atoms in total. The van der Waals surface area contributed by atoms with Crippen LogP contribution < -0.4 is 5.32 Å². The van der Waals surface area contributed by atoms with Crippen LogP contribution in [0.5, 0.6) is 0 Å². The first-order valence-electron chi connectivity index (χ1n) is 9.16. The summed E-state index contributed by atoms with van der Waals surface area (Å²) in [4.78, 5) is 26.1. The number of rotatable bonds is 10. The maximum atomic E-state index is 12.2. The van der Waals surface area contributed by atoms with Crippen molar-refractivity contribution in [2.45, 2.75) is 42.4 Å². The Bertz CT molecular complexity index is 793. The van der Waals surface area contributed by atoms with Crippen LogP contribution in [0.1, 0.15) is 37.9 Å². The summed E-state index contributed by atoms with van der Waals surface area (Å²) >= 11 is 4.17. The average molecular weight is 439 g/mol. The molecule has 0 radical (unpaired) electrons. The molecule has 0 aliphatic carbocycles. The molecule has 1 N–H and O–H groups in total. The van der Waals surface area contributed by atoms with Crippen LogP contribution in [0.3, 0.4) is 0 Å². The summed E-state index contributed by atoms with van der Waals surface area (Å²) in [5, 5.41) is 11.2. The second-order valence-corrected chi connectivity index (χ2v) is 9.55. The second kappa shape index (κ2) is 11.4. The van der Waals surface area contributed by atoms with Gasteiger partial charge in [-0.1, -0.05) is 59.1 Å². The Hall–Kier alpha value is -1.58. The molecule has 2 rings (SSSR count). The lowest BCUT2D eigenvalue weighted by atomic mass is 10.0. The van der Waals surface area contributed by atoms with E-state index in [0.717, 1.165) is 19.8 Å². The zero-order valence-corrected chi connectivity index (χ0v) is 19.0. The van der Waals surface area contributed by atoms with Crippen molar-refractivity contribution in [1.29, 1.82) is 0 Å². The summed E-state index contributed by atoms with van der Waals surface area (Å²) in [5.74, 6) is 0.703. The first-order chi connectivity index (χ1) is 13.4. The molecule has 0 spiro atoms. The van der Waals surface area contributed by atoms with Crippen molar-refractivity contribution in [2.24, 2.45) is 0 Å². The maximum Gasteiger partial charge on any atom is 0.233 e. The van der Waals surface area contributed by atoms with Crippen LogP contribution >= 0.6 is 34.9 Å². The predicted molar refractivity (Wildman–Crippen MR) is 117 cm³/mol. The number of hydrogen-bond donors (Lipinski definition) is 1. The van der Waals surface area contributed by atoms with Gasteiger partial charge in [0, 0.05) is 13.1 Å². The van der Waals surface area contributed by atoms with E-state index in [9.17, 15) is 9.59 Å². The van der Waals surface area contributed by atoms with Crippen molar-refractivity contribution in [3.05, 3.63) is 35.4 Å². The first-order valence-corrected chi connectivity index (χ1v) is 11.9. The van der Waals surface area contributed by atoms with E-state index < -0.39 is 0 Å². The van der Waals surface area contributed by atoms with Gasteiger partial charge in [-0.2, -0.15) is 0 Å². The molecule has 2 amide bonds. The molecule has 0 aliphatic heterocycles. The third kappa shape index (κ3) is 6.79. The van der Waals surface area contributed by atoms with Gasteiger partial charge in [0.25, 0.3) is 0 Å². The molecule has 0 aliphatic rings. The smallest absolute Gasteiger partial charge is 0.233 e. The number of nitrogens with one attached hydrogen (secondary N) is 1. The highest BCUT2D eigenvalue weighted by atomic mass is 32.2. The summed E-state index contributed by atoms with van der Waals surface area (Å²) < 4.78 is 1.48. The highest BCUT2D eigenvalue weighted by Gasteiger charge is 2.15. The molecule has 152 valence electrons. The number of nitrogens with zero attached hydrogens (tertiary/aromatic N) is 3. The normalized spacial score (nSPS) is 11.9.